The second kappa shape index (κ2) is 3.77. The van der Waals surface area contributed by atoms with Crippen LogP contribution in [0.2, 0.25) is 0 Å². The topological polar surface area (TPSA) is 47.1 Å². The first kappa shape index (κ1) is 11.5. The van der Waals surface area contributed by atoms with E-state index in [1.54, 1.807) is 0 Å². The van der Waals surface area contributed by atoms with Crippen LogP contribution in [-0.4, -0.2) is 26.8 Å². The van der Waals surface area contributed by atoms with Gasteiger partial charge in [-0.3, -0.25) is 4.90 Å². The van der Waals surface area contributed by atoms with Crippen LogP contribution < -0.4 is 5.73 Å². The fourth-order valence-electron chi connectivity index (χ4n) is 2.28. The van der Waals surface area contributed by atoms with Crippen molar-refractivity contribution in [1.82, 2.24) is 14.7 Å². The van der Waals surface area contributed by atoms with Gasteiger partial charge in [0.05, 0.1) is 5.69 Å². The molecule has 0 aliphatic carbocycles. The summed E-state index contributed by atoms with van der Waals surface area (Å²) >= 11 is 0. The van der Waals surface area contributed by atoms with Gasteiger partial charge in [0.25, 0.3) is 0 Å². The molecule has 16 heavy (non-hydrogen) atoms. The summed E-state index contributed by atoms with van der Waals surface area (Å²) in [6, 6.07) is 0. The molecule has 1 aromatic rings. The Hall–Kier alpha value is -1.03. The van der Waals surface area contributed by atoms with Crippen LogP contribution in [0.1, 0.15) is 39.0 Å². The molecule has 2 heterocycles. The van der Waals surface area contributed by atoms with Gasteiger partial charge in [-0.15, -0.1) is 0 Å². The van der Waals surface area contributed by atoms with Crippen LogP contribution in [0.15, 0.2) is 0 Å². The van der Waals surface area contributed by atoms with Gasteiger partial charge in [-0.05, 0) is 34.1 Å². The molecule has 0 atom stereocenters. The average molecular weight is 222 g/mol. The summed E-state index contributed by atoms with van der Waals surface area (Å²) < 4.78 is 1.91. The number of anilines is 1. The van der Waals surface area contributed by atoms with Crippen LogP contribution >= 0.6 is 0 Å². The average Bonchev–Trinajstić information content (AvgIpc) is 2.54. The van der Waals surface area contributed by atoms with E-state index in [1.807, 2.05) is 4.68 Å². The van der Waals surface area contributed by atoms with Gasteiger partial charge in [0, 0.05) is 30.7 Å². The Morgan fingerprint density at radius 3 is 2.62 bits per heavy atom. The zero-order valence-electron chi connectivity index (χ0n) is 10.7. The Kier molecular flexibility index (Phi) is 2.70. The molecule has 0 aromatic carbocycles. The first-order valence-electron chi connectivity index (χ1n) is 6.02. The van der Waals surface area contributed by atoms with Crippen LogP contribution in [0.4, 0.5) is 5.82 Å². The summed E-state index contributed by atoms with van der Waals surface area (Å²) in [5.41, 5.74) is 8.72. The lowest BCUT2D eigenvalue weighted by molar-refractivity contribution is 0.119. The van der Waals surface area contributed by atoms with Gasteiger partial charge in [-0.2, -0.15) is 5.10 Å². The van der Waals surface area contributed by atoms with E-state index < -0.39 is 0 Å². The smallest absolute Gasteiger partial charge is 0.125 e. The highest BCUT2D eigenvalue weighted by atomic mass is 15.3. The van der Waals surface area contributed by atoms with Crippen LogP contribution in [0, 0.1) is 0 Å². The van der Waals surface area contributed by atoms with Gasteiger partial charge in [-0.25, -0.2) is 4.68 Å². The molecule has 2 N–H and O–H groups in total. The van der Waals surface area contributed by atoms with Crippen molar-refractivity contribution in [3.8, 4) is 0 Å². The van der Waals surface area contributed by atoms with E-state index in [2.05, 4.69) is 37.7 Å². The van der Waals surface area contributed by atoms with Crippen molar-refractivity contribution in [2.24, 2.45) is 0 Å². The second-order valence-electron chi connectivity index (χ2n) is 5.47. The SMILES string of the molecule is CCn1nc2c(c1N)CCN(C(C)(C)C)C2. The molecular formula is C12H22N4. The number of aromatic nitrogens is 2. The van der Waals surface area contributed by atoms with E-state index in [9.17, 15) is 0 Å². The molecule has 0 amide bonds. The first-order valence-corrected chi connectivity index (χ1v) is 6.02. The normalized spacial score (nSPS) is 17.5. The van der Waals surface area contributed by atoms with Gasteiger partial charge in [0.1, 0.15) is 5.82 Å². The number of hydrogen-bond acceptors (Lipinski definition) is 3. The Morgan fingerprint density at radius 2 is 2.06 bits per heavy atom. The first-order chi connectivity index (χ1) is 7.43. The number of nitrogens with zero attached hydrogens (tertiary/aromatic N) is 3. The third-order valence-electron chi connectivity index (χ3n) is 3.40. The van der Waals surface area contributed by atoms with E-state index in [-0.39, 0.29) is 5.54 Å². The monoisotopic (exact) mass is 222 g/mol. The van der Waals surface area contributed by atoms with Gasteiger partial charge in [0.15, 0.2) is 0 Å². The molecule has 0 spiro atoms. The molecule has 0 saturated heterocycles. The zero-order chi connectivity index (χ0) is 11.9. The summed E-state index contributed by atoms with van der Waals surface area (Å²) in [7, 11) is 0. The molecule has 1 aliphatic rings. The van der Waals surface area contributed by atoms with E-state index in [0.717, 1.165) is 31.9 Å². The molecule has 0 radical (unpaired) electrons. The summed E-state index contributed by atoms with van der Waals surface area (Å²) in [5, 5.41) is 4.58. The van der Waals surface area contributed by atoms with Crippen molar-refractivity contribution in [1.29, 1.82) is 0 Å². The quantitative estimate of drug-likeness (QED) is 0.786. The van der Waals surface area contributed by atoms with E-state index in [0.29, 0.717) is 0 Å². The molecule has 1 aromatic heterocycles. The molecule has 0 saturated carbocycles. The van der Waals surface area contributed by atoms with Gasteiger partial charge in [-0.1, -0.05) is 0 Å². The number of hydrogen-bond donors (Lipinski definition) is 1. The number of nitrogen functional groups attached to an aromatic ring is 1. The number of rotatable bonds is 1. The van der Waals surface area contributed by atoms with Crippen molar-refractivity contribution < 1.29 is 0 Å². The van der Waals surface area contributed by atoms with E-state index in [4.69, 9.17) is 5.73 Å². The maximum Gasteiger partial charge on any atom is 0.125 e. The summed E-state index contributed by atoms with van der Waals surface area (Å²) in [6.45, 7) is 11.7. The molecule has 4 nitrogen and oxygen atoms in total. The lowest BCUT2D eigenvalue weighted by Gasteiger charge is -2.37. The summed E-state index contributed by atoms with van der Waals surface area (Å²) in [4.78, 5) is 2.46. The fourth-order valence-corrected chi connectivity index (χ4v) is 2.28. The largest absolute Gasteiger partial charge is 0.384 e. The number of aryl methyl sites for hydroxylation is 1. The molecule has 0 fully saturated rings. The minimum Gasteiger partial charge on any atom is -0.384 e. The molecule has 0 unspecified atom stereocenters. The minimum atomic E-state index is 0.211. The maximum absolute atomic E-state index is 6.07. The summed E-state index contributed by atoms with van der Waals surface area (Å²) in [6.07, 6.45) is 1.03. The van der Waals surface area contributed by atoms with Crippen molar-refractivity contribution >= 4 is 5.82 Å². The van der Waals surface area contributed by atoms with Crippen LogP contribution in [0.3, 0.4) is 0 Å². The highest BCUT2D eigenvalue weighted by Gasteiger charge is 2.29. The molecular weight excluding hydrogens is 200 g/mol. The Balaban J connectivity index is 2.28. The predicted molar refractivity (Wildman–Crippen MR) is 66.2 cm³/mol. The second-order valence-corrected chi connectivity index (χ2v) is 5.47. The van der Waals surface area contributed by atoms with Gasteiger partial charge < -0.3 is 5.73 Å². The van der Waals surface area contributed by atoms with Crippen LogP contribution in [-0.2, 0) is 19.5 Å². The maximum atomic E-state index is 6.07. The molecule has 4 heteroatoms. The van der Waals surface area contributed by atoms with E-state index >= 15 is 0 Å². The highest BCUT2D eigenvalue weighted by molar-refractivity contribution is 5.44. The predicted octanol–water partition coefficient (Wildman–Crippen LogP) is 1.64. The Bertz CT molecular complexity index is 386. The number of fused-ring (bicyclic) bond motifs is 1. The standard InChI is InChI=1S/C12H22N4/c1-5-16-11(13)9-6-7-15(12(2,3)4)8-10(9)14-16/h5-8,13H2,1-4H3. The van der Waals surface area contributed by atoms with Crippen molar-refractivity contribution in [2.75, 3.05) is 12.3 Å². The Labute approximate surface area is 97.4 Å². The Morgan fingerprint density at radius 1 is 1.38 bits per heavy atom. The lowest BCUT2D eigenvalue weighted by Crippen LogP contribution is -2.44. The summed E-state index contributed by atoms with van der Waals surface area (Å²) in [5.74, 6) is 0.867. The third-order valence-corrected chi connectivity index (χ3v) is 3.40. The van der Waals surface area contributed by atoms with Gasteiger partial charge >= 0.3 is 0 Å². The van der Waals surface area contributed by atoms with E-state index in [1.165, 1.54) is 11.3 Å². The van der Waals surface area contributed by atoms with Crippen molar-refractivity contribution in [3.63, 3.8) is 0 Å². The van der Waals surface area contributed by atoms with Crippen molar-refractivity contribution in [2.45, 2.75) is 52.7 Å². The molecule has 1 aliphatic heterocycles. The number of nitrogens with two attached hydrogens (primary N) is 1. The molecule has 2 rings (SSSR count). The fraction of sp³-hybridized carbons (Fsp3) is 0.750. The molecule has 90 valence electrons. The molecule has 0 bridgehead atoms. The third kappa shape index (κ3) is 1.82. The zero-order valence-corrected chi connectivity index (χ0v) is 10.7. The minimum absolute atomic E-state index is 0.211. The van der Waals surface area contributed by atoms with Crippen molar-refractivity contribution in [3.05, 3.63) is 11.3 Å². The van der Waals surface area contributed by atoms with Crippen LogP contribution in [0.5, 0.6) is 0 Å². The van der Waals surface area contributed by atoms with Crippen LogP contribution in [0.25, 0.3) is 0 Å². The lowest BCUT2D eigenvalue weighted by atomic mass is 9.99. The highest BCUT2D eigenvalue weighted by Crippen LogP contribution is 2.27. The van der Waals surface area contributed by atoms with Gasteiger partial charge in [0.2, 0.25) is 0 Å².